The molecule has 1 unspecified atom stereocenters. The summed E-state index contributed by atoms with van der Waals surface area (Å²) >= 11 is 0. The minimum absolute atomic E-state index is 0.0552. The second kappa shape index (κ2) is 7.66. The SMILES string of the molecule is CCC(C)CN(C)C(=O)c1cc(C#CCN)ccc1F. The Bertz CT molecular complexity index is 531. The van der Waals surface area contributed by atoms with Gasteiger partial charge in [0.2, 0.25) is 0 Å². The van der Waals surface area contributed by atoms with Crippen molar-refractivity contribution in [1.29, 1.82) is 0 Å². The van der Waals surface area contributed by atoms with Gasteiger partial charge >= 0.3 is 0 Å². The normalized spacial score (nSPS) is 11.4. The van der Waals surface area contributed by atoms with Crippen LogP contribution in [0.5, 0.6) is 0 Å². The summed E-state index contributed by atoms with van der Waals surface area (Å²) in [6.45, 7) is 4.96. The summed E-state index contributed by atoms with van der Waals surface area (Å²) in [6, 6.07) is 4.29. The van der Waals surface area contributed by atoms with Crippen molar-refractivity contribution in [2.24, 2.45) is 11.7 Å². The summed E-state index contributed by atoms with van der Waals surface area (Å²) in [4.78, 5) is 13.8. The first kappa shape index (κ1) is 16.2. The molecule has 0 bridgehead atoms. The molecular formula is C16H21FN2O. The molecule has 0 aliphatic rings. The van der Waals surface area contributed by atoms with E-state index >= 15 is 0 Å². The molecular weight excluding hydrogens is 255 g/mol. The smallest absolute Gasteiger partial charge is 0.256 e. The van der Waals surface area contributed by atoms with Crippen LogP contribution in [0.2, 0.25) is 0 Å². The predicted molar refractivity (Wildman–Crippen MR) is 78.7 cm³/mol. The van der Waals surface area contributed by atoms with E-state index in [9.17, 15) is 9.18 Å². The molecule has 0 aromatic heterocycles. The fraction of sp³-hybridized carbons (Fsp3) is 0.438. The molecule has 0 aliphatic carbocycles. The van der Waals surface area contributed by atoms with Crippen molar-refractivity contribution in [1.82, 2.24) is 4.90 Å². The van der Waals surface area contributed by atoms with E-state index in [1.807, 2.05) is 0 Å². The molecule has 3 nitrogen and oxygen atoms in total. The lowest BCUT2D eigenvalue weighted by molar-refractivity contribution is 0.0770. The summed E-state index contributed by atoms with van der Waals surface area (Å²) < 4.78 is 13.8. The third kappa shape index (κ3) is 4.36. The summed E-state index contributed by atoms with van der Waals surface area (Å²) in [5.74, 6) is 5.03. The van der Waals surface area contributed by atoms with Crippen LogP contribution < -0.4 is 5.73 Å². The van der Waals surface area contributed by atoms with Gasteiger partial charge in [0.05, 0.1) is 12.1 Å². The molecule has 4 heteroatoms. The molecule has 20 heavy (non-hydrogen) atoms. The maximum absolute atomic E-state index is 13.8. The van der Waals surface area contributed by atoms with E-state index in [1.54, 1.807) is 18.0 Å². The van der Waals surface area contributed by atoms with Crippen molar-refractivity contribution in [3.05, 3.63) is 35.1 Å². The van der Waals surface area contributed by atoms with Gasteiger partial charge in [-0.2, -0.15) is 0 Å². The van der Waals surface area contributed by atoms with E-state index in [0.717, 1.165) is 6.42 Å². The van der Waals surface area contributed by atoms with E-state index in [2.05, 4.69) is 25.7 Å². The average molecular weight is 276 g/mol. The first-order chi connectivity index (χ1) is 9.49. The molecule has 0 radical (unpaired) electrons. The first-order valence-electron chi connectivity index (χ1n) is 6.73. The second-order valence-electron chi connectivity index (χ2n) is 4.90. The molecule has 108 valence electrons. The van der Waals surface area contributed by atoms with E-state index in [1.165, 1.54) is 12.1 Å². The maximum Gasteiger partial charge on any atom is 0.256 e. The van der Waals surface area contributed by atoms with Crippen molar-refractivity contribution in [3.63, 3.8) is 0 Å². The number of rotatable bonds is 4. The number of hydrogen-bond donors (Lipinski definition) is 1. The van der Waals surface area contributed by atoms with Crippen molar-refractivity contribution in [3.8, 4) is 11.8 Å². The van der Waals surface area contributed by atoms with E-state index in [4.69, 9.17) is 5.73 Å². The van der Waals surface area contributed by atoms with Crippen LogP contribution in [0.1, 0.15) is 36.2 Å². The third-order valence-electron chi connectivity index (χ3n) is 3.16. The largest absolute Gasteiger partial charge is 0.341 e. The van der Waals surface area contributed by atoms with Crippen LogP contribution in [-0.4, -0.2) is 30.9 Å². The Morgan fingerprint density at radius 2 is 2.20 bits per heavy atom. The first-order valence-corrected chi connectivity index (χ1v) is 6.73. The lowest BCUT2D eigenvalue weighted by atomic mass is 10.1. The number of benzene rings is 1. The van der Waals surface area contributed by atoms with Gasteiger partial charge in [0.25, 0.3) is 5.91 Å². The van der Waals surface area contributed by atoms with Crippen molar-refractivity contribution >= 4 is 5.91 Å². The Morgan fingerprint density at radius 3 is 2.80 bits per heavy atom. The zero-order chi connectivity index (χ0) is 15.1. The lowest BCUT2D eigenvalue weighted by Gasteiger charge is -2.21. The summed E-state index contributed by atoms with van der Waals surface area (Å²) in [5.41, 5.74) is 5.95. The molecule has 1 rings (SSSR count). The molecule has 2 N–H and O–H groups in total. The molecule has 0 aliphatic heterocycles. The van der Waals surface area contributed by atoms with Crippen LogP contribution in [0.25, 0.3) is 0 Å². The Morgan fingerprint density at radius 1 is 1.50 bits per heavy atom. The van der Waals surface area contributed by atoms with Crippen LogP contribution in [0, 0.1) is 23.6 Å². The van der Waals surface area contributed by atoms with Gasteiger partial charge in [0.1, 0.15) is 5.82 Å². The highest BCUT2D eigenvalue weighted by Gasteiger charge is 2.17. The highest BCUT2D eigenvalue weighted by atomic mass is 19.1. The number of carbonyl (C=O) groups is 1. The predicted octanol–water partition coefficient (Wildman–Crippen LogP) is 2.25. The Hall–Kier alpha value is -1.86. The van der Waals surface area contributed by atoms with E-state index in [-0.39, 0.29) is 18.0 Å². The Kier molecular flexibility index (Phi) is 6.20. The third-order valence-corrected chi connectivity index (χ3v) is 3.16. The van der Waals surface area contributed by atoms with Crippen LogP contribution >= 0.6 is 0 Å². The Labute approximate surface area is 120 Å². The molecule has 0 spiro atoms. The molecule has 1 aromatic rings. The van der Waals surface area contributed by atoms with Gasteiger partial charge in [0.15, 0.2) is 0 Å². The molecule has 1 atom stereocenters. The number of nitrogens with two attached hydrogens (primary N) is 1. The minimum atomic E-state index is -0.524. The monoisotopic (exact) mass is 276 g/mol. The molecule has 0 heterocycles. The molecule has 0 saturated carbocycles. The van der Waals surface area contributed by atoms with Gasteiger partial charge in [-0.3, -0.25) is 4.79 Å². The molecule has 0 fully saturated rings. The van der Waals surface area contributed by atoms with Gasteiger partial charge in [-0.15, -0.1) is 0 Å². The Balaban J connectivity index is 2.96. The van der Waals surface area contributed by atoms with Gasteiger partial charge in [0, 0.05) is 19.2 Å². The van der Waals surface area contributed by atoms with Gasteiger partial charge in [-0.1, -0.05) is 32.1 Å². The van der Waals surface area contributed by atoms with Crippen LogP contribution in [0.3, 0.4) is 0 Å². The van der Waals surface area contributed by atoms with Crippen LogP contribution in [-0.2, 0) is 0 Å². The van der Waals surface area contributed by atoms with Gasteiger partial charge < -0.3 is 10.6 Å². The topological polar surface area (TPSA) is 46.3 Å². The molecule has 1 amide bonds. The number of nitrogens with zero attached hydrogens (tertiary/aromatic N) is 1. The summed E-state index contributed by atoms with van der Waals surface area (Å²) in [7, 11) is 1.69. The van der Waals surface area contributed by atoms with Crippen LogP contribution in [0.15, 0.2) is 18.2 Å². The number of hydrogen-bond acceptors (Lipinski definition) is 2. The quantitative estimate of drug-likeness (QED) is 0.857. The minimum Gasteiger partial charge on any atom is -0.341 e. The zero-order valence-electron chi connectivity index (χ0n) is 12.2. The van der Waals surface area contributed by atoms with Crippen LogP contribution in [0.4, 0.5) is 4.39 Å². The molecule has 1 aromatic carbocycles. The fourth-order valence-electron chi connectivity index (χ4n) is 1.81. The zero-order valence-corrected chi connectivity index (χ0v) is 12.2. The summed E-state index contributed by atoms with van der Waals surface area (Å²) in [5, 5.41) is 0. The highest BCUT2D eigenvalue weighted by Crippen LogP contribution is 2.14. The van der Waals surface area contributed by atoms with E-state index < -0.39 is 5.82 Å². The van der Waals surface area contributed by atoms with Gasteiger partial charge in [-0.05, 0) is 24.1 Å². The average Bonchev–Trinajstić information content (AvgIpc) is 2.45. The highest BCUT2D eigenvalue weighted by molar-refractivity contribution is 5.94. The van der Waals surface area contributed by atoms with Crippen molar-refractivity contribution in [2.75, 3.05) is 20.1 Å². The fourth-order valence-corrected chi connectivity index (χ4v) is 1.81. The number of amides is 1. The van der Waals surface area contributed by atoms with Crippen molar-refractivity contribution in [2.45, 2.75) is 20.3 Å². The maximum atomic E-state index is 13.8. The number of carbonyl (C=O) groups excluding carboxylic acids is 1. The second-order valence-corrected chi connectivity index (χ2v) is 4.90. The molecule has 0 saturated heterocycles. The number of halogens is 1. The van der Waals surface area contributed by atoms with E-state index in [0.29, 0.717) is 18.0 Å². The standard InChI is InChI=1S/C16H21FN2O/c1-4-12(2)11-19(3)16(20)14-10-13(6-5-9-18)7-8-15(14)17/h7-8,10,12H,4,9,11,18H2,1-3H3. The van der Waals surface area contributed by atoms with Crippen molar-refractivity contribution < 1.29 is 9.18 Å². The summed E-state index contributed by atoms with van der Waals surface area (Å²) in [6.07, 6.45) is 0.974. The lowest BCUT2D eigenvalue weighted by Crippen LogP contribution is -2.31. The van der Waals surface area contributed by atoms with Gasteiger partial charge in [-0.25, -0.2) is 4.39 Å².